The van der Waals surface area contributed by atoms with Crippen molar-refractivity contribution in [2.75, 3.05) is 10.6 Å². The number of anilines is 2. The van der Waals surface area contributed by atoms with E-state index in [-0.39, 0.29) is 6.54 Å². The van der Waals surface area contributed by atoms with E-state index in [1.807, 2.05) is 24.3 Å². The van der Waals surface area contributed by atoms with Gasteiger partial charge in [0.1, 0.15) is 0 Å². The van der Waals surface area contributed by atoms with Gasteiger partial charge in [0.05, 0.1) is 42.4 Å². The molecule has 2 aromatic heterocycles. The van der Waals surface area contributed by atoms with Crippen LogP contribution in [0.25, 0.3) is 0 Å². The number of rotatable bonds is 6. The molecule has 6 nitrogen and oxygen atoms in total. The lowest BCUT2D eigenvalue weighted by molar-refractivity contribution is -0.137. The first-order valence-electron chi connectivity index (χ1n) is 9.79. The van der Waals surface area contributed by atoms with Crippen molar-refractivity contribution in [1.29, 1.82) is 0 Å². The average molecular weight is 491 g/mol. The summed E-state index contributed by atoms with van der Waals surface area (Å²) < 4.78 is 42.0. The number of hydrogen-bond acceptors (Lipinski definition) is 3. The second kappa shape index (κ2) is 9.63. The highest BCUT2D eigenvalue weighted by atomic mass is 35.5. The van der Waals surface area contributed by atoms with Crippen LogP contribution in [0.2, 0.25) is 5.02 Å². The summed E-state index contributed by atoms with van der Waals surface area (Å²) in [7, 11) is 0. The van der Waals surface area contributed by atoms with Crippen LogP contribution in [0.3, 0.4) is 0 Å². The predicted octanol–water partition coefficient (Wildman–Crippen LogP) is 5.66. The van der Waals surface area contributed by atoms with Crippen LogP contribution in [-0.4, -0.2) is 24.7 Å². The van der Waals surface area contributed by atoms with Crippen molar-refractivity contribution in [1.82, 2.24) is 19.6 Å². The summed E-state index contributed by atoms with van der Waals surface area (Å²) >= 11 is 11.5. The largest absolute Gasteiger partial charge is 0.416 e. The number of alkyl halides is 3. The maximum Gasteiger partial charge on any atom is 0.416 e. The molecular weight excluding hydrogens is 473 g/mol. The molecule has 4 rings (SSSR count). The van der Waals surface area contributed by atoms with Gasteiger partial charge < -0.3 is 10.6 Å². The van der Waals surface area contributed by atoms with Crippen LogP contribution in [0, 0.1) is 0 Å². The molecule has 0 aliphatic heterocycles. The van der Waals surface area contributed by atoms with E-state index in [4.69, 9.17) is 23.8 Å². The first-order chi connectivity index (χ1) is 15.8. The summed E-state index contributed by atoms with van der Waals surface area (Å²) in [5, 5.41) is 15.5. The number of nitrogens with one attached hydrogen (secondary N) is 2. The van der Waals surface area contributed by atoms with Crippen LogP contribution in [0.5, 0.6) is 0 Å². The fraction of sp³-hybridized carbons (Fsp3) is 0.136. The molecule has 0 radical (unpaired) electrons. The molecule has 0 bridgehead atoms. The molecule has 2 heterocycles. The standard InChI is InChI=1S/C22H18ClF3N6S/c23-20-7-2-1-5-16(20)12-32-14-19(10-28-32)30-21(33)29-18-9-27-31(13-18)11-15-4-3-6-17(8-15)22(24,25)26/h1-10,13-14H,11-12H2,(H2,29,30,33). The molecule has 11 heteroatoms. The quantitative estimate of drug-likeness (QED) is 0.342. The van der Waals surface area contributed by atoms with Crippen molar-refractivity contribution >= 4 is 40.3 Å². The number of nitrogens with zero attached hydrogens (tertiary/aromatic N) is 4. The SMILES string of the molecule is FC(F)(F)c1cccc(Cn2cc(NC(=S)Nc3cnn(Cc4ccccc4Cl)c3)cn2)c1. The molecule has 0 amide bonds. The summed E-state index contributed by atoms with van der Waals surface area (Å²) in [6, 6.07) is 12.7. The lowest BCUT2D eigenvalue weighted by Crippen LogP contribution is -2.18. The Morgan fingerprint density at radius 1 is 0.909 bits per heavy atom. The van der Waals surface area contributed by atoms with Gasteiger partial charge in [0.2, 0.25) is 0 Å². The predicted molar refractivity (Wildman–Crippen MR) is 125 cm³/mol. The van der Waals surface area contributed by atoms with Gasteiger partial charge in [0.15, 0.2) is 5.11 Å². The van der Waals surface area contributed by atoms with Crippen molar-refractivity contribution in [3.05, 3.63) is 95.0 Å². The maximum absolute atomic E-state index is 12.9. The minimum absolute atomic E-state index is 0.195. The highest BCUT2D eigenvalue weighted by molar-refractivity contribution is 7.80. The van der Waals surface area contributed by atoms with Gasteiger partial charge in [-0.3, -0.25) is 9.36 Å². The first kappa shape index (κ1) is 22.8. The molecule has 0 aliphatic rings. The third-order valence-electron chi connectivity index (χ3n) is 4.67. The molecule has 0 spiro atoms. The van der Waals surface area contributed by atoms with Gasteiger partial charge >= 0.3 is 6.18 Å². The molecule has 2 aromatic carbocycles. The first-order valence-corrected chi connectivity index (χ1v) is 10.6. The minimum Gasteiger partial charge on any atom is -0.330 e. The molecule has 170 valence electrons. The summed E-state index contributed by atoms with van der Waals surface area (Å²) in [6.45, 7) is 0.713. The molecule has 33 heavy (non-hydrogen) atoms. The number of thiocarbonyl (C=S) groups is 1. The Balaban J connectivity index is 1.33. The van der Waals surface area contributed by atoms with E-state index in [1.165, 1.54) is 10.7 Å². The highest BCUT2D eigenvalue weighted by Gasteiger charge is 2.30. The average Bonchev–Trinajstić information content (AvgIpc) is 3.38. The normalized spacial score (nSPS) is 11.4. The molecule has 0 unspecified atom stereocenters. The molecule has 4 aromatic rings. The Morgan fingerprint density at radius 2 is 1.55 bits per heavy atom. The zero-order valence-corrected chi connectivity index (χ0v) is 18.6. The van der Waals surface area contributed by atoms with E-state index in [9.17, 15) is 13.2 Å². The van der Waals surface area contributed by atoms with Crippen LogP contribution in [0.1, 0.15) is 16.7 Å². The van der Waals surface area contributed by atoms with Crippen molar-refractivity contribution < 1.29 is 13.2 Å². The Kier molecular flexibility index (Phi) is 6.66. The third kappa shape index (κ3) is 6.11. The van der Waals surface area contributed by atoms with E-state index in [1.54, 1.807) is 35.5 Å². The molecule has 2 N–H and O–H groups in total. The Hall–Kier alpha value is -3.37. The van der Waals surface area contributed by atoms with Crippen molar-refractivity contribution in [2.24, 2.45) is 0 Å². The minimum atomic E-state index is -4.38. The van der Waals surface area contributed by atoms with Gasteiger partial charge in [-0.1, -0.05) is 41.9 Å². The van der Waals surface area contributed by atoms with Gasteiger partial charge in [-0.25, -0.2) is 0 Å². The van der Waals surface area contributed by atoms with E-state index in [0.717, 1.165) is 17.7 Å². The van der Waals surface area contributed by atoms with Gasteiger partial charge in [-0.2, -0.15) is 23.4 Å². The molecule has 0 saturated heterocycles. The maximum atomic E-state index is 12.9. The van der Waals surface area contributed by atoms with Crippen LogP contribution in [0.15, 0.2) is 73.3 Å². The van der Waals surface area contributed by atoms with Crippen LogP contribution >= 0.6 is 23.8 Å². The van der Waals surface area contributed by atoms with Crippen molar-refractivity contribution in [2.45, 2.75) is 19.3 Å². The van der Waals surface area contributed by atoms with E-state index in [0.29, 0.717) is 33.6 Å². The summed E-state index contributed by atoms with van der Waals surface area (Å²) in [5.41, 5.74) is 2.04. The molecule has 0 atom stereocenters. The molecule has 0 saturated carbocycles. The smallest absolute Gasteiger partial charge is 0.330 e. The fourth-order valence-corrected chi connectivity index (χ4v) is 3.59. The van der Waals surface area contributed by atoms with Crippen LogP contribution in [-0.2, 0) is 19.3 Å². The number of aromatic nitrogens is 4. The van der Waals surface area contributed by atoms with Crippen molar-refractivity contribution in [3.63, 3.8) is 0 Å². The lowest BCUT2D eigenvalue weighted by Gasteiger charge is -2.09. The Bertz CT molecular complexity index is 1270. The van der Waals surface area contributed by atoms with Gasteiger partial charge in [0.25, 0.3) is 0 Å². The fourth-order valence-electron chi connectivity index (χ4n) is 3.16. The summed E-state index contributed by atoms with van der Waals surface area (Å²) in [6.07, 6.45) is 2.26. The zero-order chi connectivity index (χ0) is 23.4. The molecule has 0 fully saturated rings. The van der Waals surface area contributed by atoms with E-state index in [2.05, 4.69) is 20.8 Å². The number of halogens is 4. The summed E-state index contributed by atoms with van der Waals surface area (Å²) in [4.78, 5) is 0. The Labute approximate surface area is 198 Å². The van der Waals surface area contributed by atoms with Gasteiger partial charge in [-0.05, 0) is 41.5 Å². The van der Waals surface area contributed by atoms with E-state index < -0.39 is 11.7 Å². The second-order valence-corrected chi connectivity index (χ2v) is 8.04. The van der Waals surface area contributed by atoms with Gasteiger partial charge in [0, 0.05) is 17.4 Å². The van der Waals surface area contributed by atoms with Crippen LogP contribution < -0.4 is 10.6 Å². The zero-order valence-electron chi connectivity index (χ0n) is 17.1. The third-order valence-corrected chi connectivity index (χ3v) is 5.24. The second-order valence-electron chi connectivity index (χ2n) is 7.22. The Morgan fingerprint density at radius 3 is 2.18 bits per heavy atom. The highest BCUT2D eigenvalue weighted by Crippen LogP contribution is 2.29. The van der Waals surface area contributed by atoms with Gasteiger partial charge in [-0.15, -0.1) is 0 Å². The van der Waals surface area contributed by atoms with E-state index >= 15 is 0 Å². The number of benzene rings is 2. The van der Waals surface area contributed by atoms with Crippen LogP contribution in [0.4, 0.5) is 24.5 Å². The number of hydrogen-bond donors (Lipinski definition) is 2. The lowest BCUT2D eigenvalue weighted by atomic mass is 10.1. The summed E-state index contributed by atoms with van der Waals surface area (Å²) in [5.74, 6) is 0. The molecule has 0 aliphatic carbocycles. The monoisotopic (exact) mass is 490 g/mol. The van der Waals surface area contributed by atoms with Crippen molar-refractivity contribution in [3.8, 4) is 0 Å². The molecular formula is C22H18ClF3N6S. The topological polar surface area (TPSA) is 59.7 Å².